The summed E-state index contributed by atoms with van der Waals surface area (Å²) in [5.74, 6) is 0.907. The molecule has 232 valence electrons. The van der Waals surface area contributed by atoms with Crippen molar-refractivity contribution in [3.05, 3.63) is 0 Å². The van der Waals surface area contributed by atoms with Crippen LogP contribution in [0.2, 0.25) is 0 Å². The Morgan fingerprint density at radius 3 is 2.20 bits per heavy atom. The summed E-state index contributed by atoms with van der Waals surface area (Å²) in [5, 5.41) is 4.15. The summed E-state index contributed by atoms with van der Waals surface area (Å²) in [6.45, 7) is 4.99. The van der Waals surface area contributed by atoms with Gasteiger partial charge in [-0.15, -0.1) is 0 Å². The molecule has 0 aromatic rings. The molecule has 3 aliphatic carbocycles. The minimum atomic E-state index is -4.07. The predicted octanol–water partition coefficient (Wildman–Crippen LogP) is 0.678. The zero-order chi connectivity index (χ0) is 30.3. The van der Waals surface area contributed by atoms with E-state index in [0.717, 1.165) is 30.6 Å². The smallest absolute Gasteiger partial charge is 0.408 e. The highest BCUT2D eigenvalue weighted by molar-refractivity contribution is 7.91. The first-order chi connectivity index (χ1) is 19.1. The first-order valence-electron chi connectivity index (χ1n) is 13.9. The molecule has 1 heterocycles. The summed E-state index contributed by atoms with van der Waals surface area (Å²) < 4.78 is 59.3. The fourth-order valence-electron chi connectivity index (χ4n) is 5.55. The first-order valence-corrected chi connectivity index (χ1v) is 15.4. The molecule has 1 saturated heterocycles. The van der Waals surface area contributed by atoms with E-state index >= 15 is 0 Å². The van der Waals surface area contributed by atoms with Crippen molar-refractivity contribution in [3.8, 4) is 0 Å². The van der Waals surface area contributed by atoms with Crippen LogP contribution in [0.15, 0.2) is 0 Å². The van der Waals surface area contributed by atoms with E-state index < -0.39 is 87.0 Å². The maximum absolute atomic E-state index is 13.8. The van der Waals surface area contributed by atoms with Crippen LogP contribution in [0.3, 0.4) is 0 Å². The number of likely N-dealkylation sites (tertiary alicyclic amines) is 1. The number of alkyl carbamates (subject to hydrolysis) is 1. The van der Waals surface area contributed by atoms with Gasteiger partial charge in [-0.05, 0) is 50.4 Å². The Morgan fingerprint density at radius 2 is 1.68 bits per heavy atom. The van der Waals surface area contributed by atoms with E-state index in [0.29, 0.717) is 12.8 Å². The van der Waals surface area contributed by atoms with Gasteiger partial charge in [0.1, 0.15) is 23.7 Å². The minimum absolute atomic E-state index is 0.116. The van der Waals surface area contributed by atoms with Crippen molar-refractivity contribution in [2.45, 2.75) is 114 Å². The third-order valence-electron chi connectivity index (χ3n) is 8.26. The molecule has 41 heavy (non-hydrogen) atoms. The van der Waals surface area contributed by atoms with Gasteiger partial charge in [0, 0.05) is 13.0 Å². The molecule has 4 amide bonds. The Morgan fingerprint density at radius 1 is 1.05 bits per heavy atom. The molecular formula is C25H39F2N5O8S. The van der Waals surface area contributed by atoms with Crippen LogP contribution in [-0.4, -0.2) is 85.2 Å². The molecule has 16 heteroatoms. The molecule has 4 aliphatic rings. The van der Waals surface area contributed by atoms with Crippen molar-refractivity contribution in [2.75, 3.05) is 6.54 Å². The van der Waals surface area contributed by atoms with Crippen LogP contribution in [0.1, 0.15) is 72.1 Å². The lowest BCUT2D eigenvalue weighted by Gasteiger charge is -2.35. The molecule has 4 fully saturated rings. The summed E-state index contributed by atoms with van der Waals surface area (Å²) in [6, 6.07) is -2.43. The van der Waals surface area contributed by atoms with Crippen LogP contribution in [0, 0.1) is 11.3 Å². The Balaban J connectivity index is 1.51. The molecule has 1 aliphatic heterocycles. The number of ether oxygens (including phenoxy) is 1. The molecule has 0 bridgehead atoms. The number of sulfonamides is 1. The molecule has 0 spiro atoms. The van der Waals surface area contributed by atoms with Crippen molar-refractivity contribution < 1.29 is 46.0 Å². The van der Waals surface area contributed by atoms with Crippen molar-refractivity contribution in [1.29, 1.82) is 0 Å². The third-order valence-corrected chi connectivity index (χ3v) is 10.1. The topological polar surface area (TPSA) is 186 Å². The molecule has 0 aromatic carbocycles. The second kappa shape index (κ2) is 11.6. The summed E-state index contributed by atoms with van der Waals surface area (Å²) in [7, 11) is -4.07. The van der Waals surface area contributed by atoms with Gasteiger partial charge in [0.25, 0.3) is 5.91 Å². The third kappa shape index (κ3) is 6.91. The van der Waals surface area contributed by atoms with Crippen molar-refractivity contribution >= 4 is 33.8 Å². The molecule has 0 unspecified atom stereocenters. The second-order valence-electron chi connectivity index (χ2n) is 12.5. The maximum atomic E-state index is 13.8. The Hall–Kier alpha value is -2.59. The van der Waals surface area contributed by atoms with Crippen molar-refractivity contribution in [2.24, 2.45) is 17.2 Å². The van der Waals surface area contributed by atoms with E-state index in [1.165, 1.54) is 0 Å². The van der Waals surface area contributed by atoms with E-state index in [-0.39, 0.29) is 19.1 Å². The van der Waals surface area contributed by atoms with Gasteiger partial charge in [0.2, 0.25) is 28.3 Å². The van der Waals surface area contributed by atoms with E-state index in [1.807, 2.05) is 4.72 Å². The number of halogens is 2. The number of nitrogens with two attached hydrogens (primary N) is 1. The number of rotatable bonds is 10. The quantitative estimate of drug-likeness (QED) is 0.259. The lowest BCUT2D eigenvalue weighted by atomic mass is 9.85. The molecule has 5 atom stereocenters. The number of hydrogen-bond acceptors (Lipinski definition) is 9. The molecule has 5 N–H and O–H groups in total. The van der Waals surface area contributed by atoms with E-state index in [4.69, 9.17) is 15.5 Å². The molecular weight excluding hydrogens is 568 g/mol. The Bertz CT molecular complexity index is 1160. The molecule has 0 radical (unpaired) electrons. The van der Waals surface area contributed by atoms with Gasteiger partial charge in [0.05, 0.1) is 17.3 Å². The van der Waals surface area contributed by atoms with Gasteiger partial charge in [-0.2, -0.15) is 0 Å². The lowest BCUT2D eigenvalue weighted by Crippen LogP contribution is -2.60. The van der Waals surface area contributed by atoms with Crippen LogP contribution in [-0.2, 0) is 34.0 Å². The number of amides is 4. The minimum Gasteiger partial charge on any atom is -0.446 e. The Kier molecular flexibility index (Phi) is 8.86. The molecule has 0 aromatic heterocycles. The summed E-state index contributed by atoms with van der Waals surface area (Å²) in [5.41, 5.74) is -2.99. The summed E-state index contributed by atoms with van der Waals surface area (Å²) >= 11 is 0. The normalized spacial score (nSPS) is 29.2. The van der Waals surface area contributed by atoms with E-state index in [2.05, 4.69) is 10.6 Å². The summed E-state index contributed by atoms with van der Waals surface area (Å²) in [4.78, 5) is 58.9. The Labute approximate surface area is 237 Å². The second-order valence-corrected chi connectivity index (χ2v) is 14.5. The number of carbonyl (C=O) groups is 4. The fourth-order valence-corrected chi connectivity index (χ4v) is 6.91. The largest absolute Gasteiger partial charge is 0.446 e. The highest BCUT2D eigenvalue weighted by Gasteiger charge is 2.66. The lowest BCUT2D eigenvalue weighted by molar-refractivity contribution is -0.143. The SMILES string of the molecule is CC(C)(C)[C@H](NC(=O)OC1CCCC1)C(=O)N1C[C@H](ON)C[C@H]1C(=O)N[C@@]1(C(=O)NS(=O)(=O)C2CC2)C[C@H]1C(F)F. The molecule has 3 saturated carbocycles. The summed E-state index contributed by atoms with van der Waals surface area (Å²) in [6.07, 6.45) is -1.42. The fraction of sp³-hybridized carbons (Fsp3) is 0.840. The van der Waals surface area contributed by atoms with Crippen LogP contribution in [0.25, 0.3) is 0 Å². The predicted molar refractivity (Wildman–Crippen MR) is 139 cm³/mol. The van der Waals surface area contributed by atoms with Crippen LogP contribution < -0.4 is 21.3 Å². The first kappa shape index (κ1) is 31.3. The zero-order valence-corrected chi connectivity index (χ0v) is 24.2. The zero-order valence-electron chi connectivity index (χ0n) is 23.4. The highest BCUT2D eigenvalue weighted by Crippen LogP contribution is 2.48. The number of nitrogens with one attached hydrogen (secondary N) is 3. The molecule has 4 rings (SSSR count). The number of carbonyl (C=O) groups excluding carboxylic acids is 4. The standard InChI is InChI=1S/C25H39F2N5O8S/c1-24(2,3)18(29-23(36)39-13-6-4-5-7-13)21(34)32-12-14(40-28)10-17(32)20(33)30-25(11-16(25)19(26)27)22(35)31-41(37,38)15-8-9-15/h13-19H,4-12,28H2,1-3H3,(H,29,36)(H,30,33)(H,31,35)/t14-,16+,17+,18-,25+/m1/s1. The number of alkyl halides is 2. The van der Waals surface area contributed by atoms with Gasteiger partial charge in [-0.1, -0.05) is 20.8 Å². The van der Waals surface area contributed by atoms with Crippen molar-refractivity contribution in [3.63, 3.8) is 0 Å². The van der Waals surface area contributed by atoms with Crippen LogP contribution in [0.4, 0.5) is 13.6 Å². The van der Waals surface area contributed by atoms with E-state index in [1.54, 1.807) is 20.8 Å². The van der Waals surface area contributed by atoms with Gasteiger partial charge >= 0.3 is 6.09 Å². The highest BCUT2D eigenvalue weighted by atomic mass is 32.2. The van der Waals surface area contributed by atoms with Crippen LogP contribution >= 0.6 is 0 Å². The van der Waals surface area contributed by atoms with Gasteiger partial charge in [0.15, 0.2) is 0 Å². The van der Waals surface area contributed by atoms with Crippen LogP contribution in [0.5, 0.6) is 0 Å². The van der Waals surface area contributed by atoms with Gasteiger partial charge in [-0.3, -0.25) is 23.9 Å². The number of hydrogen-bond donors (Lipinski definition) is 4. The maximum Gasteiger partial charge on any atom is 0.408 e. The van der Waals surface area contributed by atoms with Crippen molar-refractivity contribution in [1.82, 2.24) is 20.3 Å². The average Bonchev–Trinajstić information content (AvgIpc) is 3.76. The molecule has 13 nitrogen and oxygen atoms in total. The number of nitrogens with zero attached hydrogens (tertiary/aromatic N) is 1. The monoisotopic (exact) mass is 607 g/mol. The average molecular weight is 608 g/mol. The van der Waals surface area contributed by atoms with Gasteiger partial charge < -0.3 is 20.3 Å². The van der Waals surface area contributed by atoms with Gasteiger partial charge in [-0.25, -0.2) is 27.9 Å². The van der Waals surface area contributed by atoms with E-state index in [9.17, 15) is 36.4 Å².